The molecule has 11 nitrogen and oxygen atoms in total. The third-order valence-electron chi connectivity index (χ3n) is 6.99. The topological polar surface area (TPSA) is 165 Å². The van der Waals surface area contributed by atoms with Crippen LogP contribution in [0.4, 0.5) is 10.6 Å². The number of anilines is 1. The number of nitrogens with zero attached hydrogens (tertiary/aromatic N) is 6. The Morgan fingerprint density at radius 1 is 0.947 bits per heavy atom. The Morgan fingerprint density at radius 3 is 2.53 bits per heavy atom. The second kappa shape index (κ2) is 9.51. The number of amides is 1. The standard InChI is InChI=1S/C27H24N8O3/c28-24-22-23(17-5-4-15-8-11-20(33-21(15)13-17)19-3-1-2-12-30-19)34-35(25(22)32-14-31-24)18-9-6-16(7-10-18)26(36)38-27(29)37/h1-5,8,11-14,16,18H,6-7,9-10H2,(H2,29,37)(H2,28,31,32). The molecule has 6 rings (SSSR count). The number of carbonyl (C=O) groups is 2. The fraction of sp³-hybridized carbons (Fsp3) is 0.222. The average molecular weight is 509 g/mol. The first-order valence-electron chi connectivity index (χ1n) is 12.3. The van der Waals surface area contributed by atoms with Gasteiger partial charge in [0.1, 0.15) is 17.8 Å². The van der Waals surface area contributed by atoms with Crippen LogP contribution in [0.2, 0.25) is 0 Å². The van der Waals surface area contributed by atoms with Gasteiger partial charge in [-0.05, 0) is 49.9 Å². The molecule has 4 N–H and O–H groups in total. The van der Waals surface area contributed by atoms with Crippen molar-refractivity contribution in [3.05, 3.63) is 61.1 Å². The molecular weight excluding hydrogens is 484 g/mol. The summed E-state index contributed by atoms with van der Waals surface area (Å²) in [5.74, 6) is -0.618. The van der Waals surface area contributed by atoms with Crippen molar-refractivity contribution in [3.63, 3.8) is 0 Å². The fourth-order valence-electron chi connectivity index (χ4n) is 5.11. The number of esters is 1. The van der Waals surface area contributed by atoms with Crippen LogP contribution in [0.1, 0.15) is 31.7 Å². The van der Waals surface area contributed by atoms with E-state index in [1.807, 2.05) is 53.2 Å². The molecule has 1 saturated carbocycles. The van der Waals surface area contributed by atoms with Crippen molar-refractivity contribution in [1.29, 1.82) is 0 Å². The zero-order valence-electron chi connectivity index (χ0n) is 20.3. The van der Waals surface area contributed by atoms with Crippen LogP contribution < -0.4 is 11.5 Å². The Labute approximate surface area is 216 Å². The average Bonchev–Trinajstić information content (AvgIpc) is 3.34. The number of hydrogen-bond acceptors (Lipinski definition) is 9. The molecule has 0 bridgehead atoms. The summed E-state index contributed by atoms with van der Waals surface area (Å²) in [6.45, 7) is 0. The van der Waals surface area contributed by atoms with Crippen molar-refractivity contribution in [2.75, 3.05) is 5.73 Å². The van der Waals surface area contributed by atoms with Gasteiger partial charge in [0.25, 0.3) is 0 Å². The van der Waals surface area contributed by atoms with Crippen molar-refractivity contribution in [2.45, 2.75) is 31.7 Å². The number of fused-ring (bicyclic) bond motifs is 2. The minimum absolute atomic E-state index is 0.00693. The quantitative estimate of drug-likeness (QED) is 0.269. The molecule has 1 aliphatic rings. The lowest BCUT2D eigenvalue weighted by Crippen LogP contribution is -2.29. The van der Waals surface area contributed by atoms with Crippen molar-refractivity contribution < 1.29 is 14.3 Å². The normalized spacial score (nSPS) is 17.5. The molecule has 11 heteroatoms. The highest BCUT2D eigenvalue weighted by molar-refractivity contribution is 6.00. The predicted molar refractivity (Wildman–Crippen MR) is 140 cm³/mol. The summed E-state index contributed by atoms with van der Waals surface area (Å²) in [4.78, 5) is 41.1. The van der Waals surface area contributed by atoms with Crippen LogP contribution >= 0.6 is 0 Å². The summed E-state index contributed by atoms with van der Waals surface area (Å²) < 4.78 is 6.46. The van der Waals surface area contributed by atoms with E-state index in [1.165, 1.54) is 6.33 Å². The van der Waals surface area contributed by atoms with Crippen LogP contribution in [0, 0.1) is 5.92 Å². The molecular formula is C27H24N8O3. The van der Waals surface area contributed by atoms with E-state index < -0.39 is 12.1 Å². The first-order chi connectivity index (χ1) is 18.5. The van der Waals surface area contributed by atoms with Gasteiger partial charge in [-0.2, -0.15) is 5.10 Å². The minimum Gasteiger partial charge on any atom is -0.383 e. The molecule has 190 valence electrons. The van der Waals surface area contributed by atoms with Gasteiger partial charge < -0.3 is 16.2 Å². The summed E-state index contributed by atoms with van der Waals surface area (Å²) in [6.07, 6.45) is 4.50. The molecule has 0 radical (unpaired) electrons. The van der Waals surface area contributed by atoms with Crippen molar-refractivity contribution in [2.24, 2.45) is 11.7 Å². The summed E-state index contributed by atoms with van der Waals surface area (Å²) in [6, 6.07) is 15.7. The number of nitrogen functional groups attached to an aromatic ring is 1. The van der Waals surface area contributed by atoms with Gasteiger partial charge in [-0.15, -0.1) is 0 Å². The van der Waals surface area contributed by atoms with Gasteiger partial charge in [0.2, 0.25) is 0 Å². The third kappa shape index (κ3) is 4.27. The summed E-state index contributed by atoms with van der Waals surface area (Å²) >= 11 is 0. The Balaban J connectivity index is 1.37. The first-order valence-corrected chi connectivity index (χ1v) is 12.3. The highest BCUT2D eigenvalue weighted by Gasteiger charge is 2.31. The Kier molecular flexibility index (Phi) is 5.87. The van der Waals surface area contributed by atoms with E-state index in [4.69, 9.17) is 21.5 Å². The molecule has 4 aromatic heterocycles. The zero-order chi connectivity index (χ0) is 26.2. The Bertz CT molecular complexity index is 1680. The maximum atomic E-state index is 12.1. The maximum Gasteiger partial charge on any atom is 0.412 e. The van der Waals surface area contributed by atoms with E-state index in [0.29, 0.717) is 48.2 Å². The second-order valence-corrected chi connectivity index (χ2v) is 9.32. The van der Waals surface area contributed by atoms with Gasteiger partial charge in [-0.3, -0.25) is 9.78 Å². The van der Waals surface area contributed by atoms with Crippen molar-refractivity contribution in [3.8, 4) is 22.6 Å². The summed E-state index contributed by atoms with van der Waals surface area (Å²) in [7, 11) is 0. The van der Waals surface area contributed by atoms with Crippen LogP contribution in [-0.2, 0) is 9.53 Å². The van der Waals surface area contributed by atoms with Crippen LogP contribution in [-0.4, -0.2) is 41.8 Å². The number of benzene rings is 1. The number of aromatic nitrogens is 6. The molecule has 1 aliphatic carbocycles. The molecule has 0 unspecified atom stereocenters. The van der Waals surface area contributed by atoms with E-state index in [1.54, 1.807) is 6.20 Å². The lowest BCUT2D eigenvalue weighted by Gasteiger charge is -2.27. The van der Waals surface area contributed by atoms with E-state index in [0.717, 1.165) is 27.9 Å². The lowest BCUT2D eigenvalue weighted by molar-refractivity contribution is -0.143. The number of rotatable bonds is 4. The fourth-order valence-corrected chi connectivity index (χ4v) is 5.11. The van der Waals surface area contributed by atoms with Crippen molar-refractivity contribution in [1.82, 2.24) is 29.7 Å². The molecule has 1 amide bonds. The maximum absolute atomic E-state index is 12.1. The Morgan fingerprint density at radius 2 is 1.76 bits per heavy atom. The van der Waals surface area contributed by atoms with Gasteiger partial charge in [-0.25, -0.2) is 24.4 Å². The molecule has 0 aliphatic heterocycles. The van der Waals surface area contributed by atoms with Gasteiger partial charge in [-0.1, -0.05) is 24.3 Å². The van der Waals surface area contributed by atoms with Gasteiger partial charge in [0, 0.05) is 17.1 Å². The number of nitrogens with two attached hydrogens (primary N) is 2. The predicted octanol–water partition coefficient (Wildman–Crippen LogP) is 4.04. The number of hydrogen-bond donors (Lipinski definition) is 2. The van der Waals surface area contributed by atoms with Crippen LogP contribution in [0.15, 0.2) is 61.1 Å². The van der Waals surface area contributed by atoms with Gasteiger partial charge in [0.15, 0.2) is 5.65 Å². The van der Waals surface area contributed by atoms with Crippen molar-refractivity contribution >= 4 is 39.8 Å². The monoisotopic (exact) mass is 508 g/mol. The third-order valence-corrected chi connectivity index (χ3v) is 6.99. The zero-order valence-corrected chi connectivity index (χ0v) is 20.3. The molecule has 1 fully saturated rings. The highest BCUT2D eigenvalue weighted by Crippen LogP contribution is 2.38. The highest BCUT2D eigenvalue weighted by atomic mass is 16.6. The van der Waals surface area contributed by atoms with E-state index in [-0.39, 0.29) is 12.0 Å². The van der Waals surface area contributed by atoms with Gasteiger partial charge in [0.05, 0.1) is 34.3 Å². The number of primary amides is 1. The lowest BCUT2D eigenvalue weighted by atomic mass is 9.86. The minimum atomic E-state index is -1.08. The molecule has 0 spiro atoms. The molecule has 4 heterocycles. The summed E-state index contributed by atoms with van der Waals surface area (Å²) in [5, 5.41) is 6.61. The van der Waals surface area contributed by atoms with Crippen LogP contribution in [0.3, 0.4) is 0 Å². The Hall–Kier alpha value is -4.93. The summed E-state index contributed by atoms with van der Waals surface area (Å²) in [5.41, 5.74) is 15.8. The molecule has 0 saturated heterocycles. The molecule has 5 aromatic rings. The van der Waals surface area contributed by atoms with E-state index in [9.17, 15) is 9.59 Å². The molecule has 0 atom stereocenters. The number of carbonyl (C=O) groups excluding carboxylic acids is 2. The van der Waals surface area contributed by atoms with E-state index >= 15 is 0 Å². The van der Waals surface area contributed by atoms with Gasteiger partial charge >= 0.3 is 12.1 Å². The SMILES string of the molecule is NC(=O)OC(=O)C1CCC(n2nc(-c3ccc4ccc(-c5ccccn5)nc4c3)c3c(N)ncnc32)CC1. The number of ether oxygens (including phenoxy) is 1. The molecule has 1 aromatic carbocycles. The van der Waals surface area contributed by atoms with Crippen LogP contribution in [0.5, 0.6) is 0 Å². The largest absolute Gasteiger partial charge is 0.412 e. The first kappa shape index (κ1) is 23.5. The smallest absolute Gasteiger partial charge is 0.383 e. The van der Waals surface area contributed by atoms with E-state index in [2.05, 4.69) is 19.7 Å². The second-order valence-electron chi connectivity index (χ2n) is 9.32. The molecule has 38 heavy (non-hydrogen) atoms. The number of pyridine rings is 2. The van der Waals surface area contributed by atoms with Crippen LogP contribution in [0.25, 0.3) is 44.6 Å².